The van der Waals surface area contributed by atoms with Crippen molar-refractivity contribution < 1.29 is 13.5 Å². The Balaban J connectivity index is 2.43. The second kappa shape index (κ2) is 4.59. The number of hydrogen-bond acceptors (Lipinski definition) is 4. The zero-order valence-corrected chi connectivity index (χ0v) is 9.63. The molecular formula is C9H19NO3S. The molecule has 0 aromatic rings. The highest BCUT2D eigenvalue weighted by Gasteiger charge is 2.26. The maximum Gasteiger partial charge on any atom is 0.148 e. The van der Waals surface area contributed by atoms with E-state index in [-0.39, 0.29) is 18.4 Å². The fourth-order valence-electron chi connectivity index (χ4n) is 1.96. The van der Waals surface area contributed by atoms with E-state index in [0.29, 0.717) is 5.92 Å². The molecule has 2 unspecified atom stereocenters. The second-order valence-corrected chi connectivity index (χ2v) is 6.46. The van der Waals surface area contributed by atoms with Crippen LogP contribution < -0.4 is 0 Å². The molecule has 1 aliphatic heterocycles. The molecule has 1 saturated heterocycles. The Hall–Kier alpha value is -0.130. The predicted molar refractivity (Wildman–Crippen MR) is 55.9 cm³/mol. The molecule has 4 nitrogen and oxygen atoms in total. The number of likely N-dealkylation sites (tertiary alicyclic amines) is 1. The van der Waals surface area contributed by atoms with Crippen LogP contribution in [0.3, 0.4) is 0 Å². The summed E-state index contributed by atoms with van der Waals surface area (Å²) in [5, 5.41) is 8.95. The number of nitrogens with zero attached hydrogens (tertiary/aromatic N) is 1. The lowest BCUT2D eigenvalue weighted by Crippen LogP contribution is -2.36. The van der Waals surface area contributed by atoms with Crippen LogP contribution in [0.4, 0.5) is 0 Å². The molecule has 1 rings (SSSR count). The van der Waals surface area contributed by atoms with Gasteiger partial charge >= 0.3 is 0 Å². The molecule has 2 atom stereocenters. The first-order valence-corrected chi connectivity index (χ1v) is 7.01. The molecular weight excluding hydrogens is 202 g/mol. The topological polar surface area (TPSA) is 57.6 Å². The number of sulfone groups is 1. The van der Waals surface area contributed by atoms with Crippen molar-refractivity contribution in [3.8, 4) is 0 Å². The fraction of sp³-hybridized carbons (Fsp3) is 1.00. The molecule has 0 bridgehead atoms. The number of hydrogen-bond donors (Lipinski definition) is 1. The molecule has 0 radical (unpaired) electrons. The van der Waals surface area contributed by atoms with E-state index in [0.717, 1.165) is 19.5 Å². The normalized spacial score (nSPS) is 26.6. The molecule has 5 heteroatoms. The highest BCUT2D eigenvalue weighted by atomic mass is 32.2. The third-order valence-electron chi connectivity index (χ3n) is 2.74. The summed E-state index contributed by atoms with van der Waals surface area (Å²) in [6, 6.07) is 0.0709. The van der Waals surface area contributed by atoms with Gasteiger partial charge in [0.2, 0.25) is 0 Å². The Morgan fingerprint density at radius 1 is 1.57 bits per heavy atom. The first kappa shape index (κ1) is 11.9. The summed E-state index contributed by atoms with van der Waals surface area (Å²) in [5.41, 5.74) is 0. The molecule has 1 heterocycles. The van der Waals surface area contributed by atoms with E-state index in [9.17, 15) is 8.42 Å². The maximum atomic E-state index is 11.1. The molecule has 0 saturated carbocycles. The molecule has 84 valence electrons. The van der Waals surface area contributed by atoms with Crippen molar-refractivity contribution in [1.29, 1.82) is 0 Å². The van der Waals surface area contributed by atoms with E-state index in [1.54, 1.807) is 0 Å². The predicted octanol–water partition coefficient (Wildman–Crippen LogP) is -0.266. The van der Waals surface area contributed by atoms with Gasteiger partial charge in [-0.1, -0.05) is 0 Å². The lowest BCUT2D eigenvalue weighted by molar-refractivity contribution is 0.210. The summed E-state index contributed by atoms with van der Waals surface area (Å²) in [5.74, 6) is 0.544. The van der Waals surface area contributed by atoms with Crippen LogP contribution in [0.25, 0.3) is 0 Å². The third kappa shape index (κ3) is 3.55. The Bertz CT molecular complexity index is 276. The molecule has 0 amide bonds. The zero-order chi connectivity index (χ0) is 10.8. The van der Waals surface area contributed by atoms with E-state index in [1.165, 1.54) is 6.26 Å². The van der Waals surface area contributed by atoms with Gasteiger partial charge in [0.05, 0.1) is 5.75 Å². The Labute approximate surface area is 85.8 Å². The van der Waals surface area contributed by atoms with Crippen LogP contribution in [0.2, 0.25) is 0 Å². The smallest absolute Gasteiger partial charge is 0.148 e. The van der Waals surface area contributed by atoms with E-state index >= 15 is 0 Å². The maximum absolute atomic E-state index is 11.1. The number of aliphatic hydroxyl groups is 1. The van der Waals surface area contributed by atoms with Crippen molar-refractivity contribution in [2.24, 2.45) is 5.92 Å². The highest BCUT2D eigenvalue weighted by Crippen LogP contribution is 2.18. The quantitative estimate of drug-likeness (QED) is 0.710. The lowest BCUT2D eigenvalue weighted by atomic mass is 10.1. The Morgan fingerprint density at radius 3 is 2.64 bits per heavy atom. The first-order valence-electron chi connectivity index (χ1n) is 4.95. The van der Waals surface area contributed by atoms with Gasteiger partial charge < -0.3 is 5.11 Å². The van der Waals surface area contributed by atoms with Crippen LogP contribution in [0.15, 0.2) is 0 Å². The van der Waals surface area contributed by atoms with Crippen LogP contribution in [-0.2, 0) is 9.84 Å². The highest BCUT2D eigenvalue weighted by molar-refractivity contribution is 7.90. The summed E-state index contributed by atoms with van der Waals surface area (Å²) in [6.07, 6.45) is 2.24. The summed E-state index contributed by atoms with van der Waals surface area (Å²) >= 11 is 0. The van der Waals surface area contributed by atoms with Crippen molar-refractivity contribution in [3.05, 3.63) is 0 Å². The van der Waals surface area contributed by atoms with Gasteiger partial charge in [0.15, 0.2) is 0 Å². The molecule has 1 aliphatic rings. The molecule has 0 aliphatic carbocycles. The van der Waals surface area contributed by atoms with E-state index < -0.39 is 9.84 Å². The Kier molecular flexibility index (Phi) is 3.92. The van der Waals surface area contributed by atoms with Crippen molar-refractivity contribution in [2.75, 3.05) is 31.7 Å². The van der Waals surface area contributed by atoms with Crippen LogP contribution in [0, 0.1) is 5.92 Å². The summed E-state index contributed by atoms with van der Waals surface area (Å²) in [4.78, 5) is 2.14. The minimum absolute atomic E-state index is 0.0709. The van der Waals surface area contributed by atoms with Crippen molar-refractivity contribution >= 4 is 9.84 Å². The van der Waals surface area contributed by atoms with Gasteiger partial charge in [0, 0.05) is 25.4 Å². The average molecular weight is 221 g/mol. The van der Waals surface area contributed by atoms with Crippen molar-refractivity contribution in [3.63, 3.8) is 0 Å². The van der Waals surface area contributed by atoms with Gasteiger partial charge in [0.1, 0.15) is 9.84 Å². The molecule has 14 heavy (non-hydrogen) atoms. The van der Waals surface area contributed by atoms with Gasteiger partial charge in [-0.25, -0.2) is 8.42 Å². The van der Waals surface area contributed by atoms with Gasteiger partial charge in [-0.05, 0) is 25.8 Å². The van der Waals surface area contributed by atoms with Crippen LogP contribution in [0.5, 0.6) is 0 Å². The summed E-state index contributed by atoms with van der Waals surface area (Å²) in [7, 11) is -2.89. The van der Waals surface area contributed by atoms with Gasteiger partial charge in [-0.2, -0.15) is 0 Å². The summed E-state index contributed by atoms with van der Waals surface area (Å²) < 4.78 is 22.1. The molecule has 0 aromatic carbocycles. The minimum atomic E-state index is -2.89. The number of rotatable bonds is 4. The van der Waals surface area contributed by atoms with E-state index in [1.807, 2.05) is 6.92 Å². The van der Waals surface area contributed by atoms with Gasteiger partial charge in [-0.15, -0.1) is 0 Å². The van der Waals surface area contributed by atoms with Crippen LogP contribution in [-0.4, -0.2) is 56.2 Å². The largest absolute Gasteiger partial charge is 0.396 e. The van der Waals surface area contributed by atoms with Gasteiger partial charge in [0.25, 0.3) is 0 Å². The molecule has 1 fully saturated rings. The molecule has 0 aromatic heterocycles. The SMILES string of the molecule is CC(CS(C)(=O)=O)N1CCC(CO)C1. The van der Waals surface area contributed by atoms with Crippen LogP contribution >= 0.6 is 0 Å². The monoisotopic (exact) mass is 221 g/mol. The standard InChI is InChI=1S/C9H19NO3S/c1-8(7-14(2,12)13)10-4-3-9(5-10)6-11/h8-9,11H,3-7H2,1-2H3. The van der Waals surface area contributed by atoms with Crippen LogP contribution in [0.1, 0.15) is 13.3 Å². The first-order chi connectivity index (χ1) is 6.42. The Morgan fingerprint density at radius 2 is 2.21 bits per heavy atom. The molecule has 0 spiro atoms. The molecule has 1 N–H and O–H groups in total. The zero-order valence-electron chi connectivity index (χ0n) is 8.81. The van der Waals surface area contributed by atoms with E-state index in [4.69, 9.17) is 5.11 Å². The van der Waals surface area contributed by atoms with Gasteiger partial charge in [-0.3, -0.25) is 4.90 Å². The van der Waals surface area contributed by atoms with Crippen molar-refractivity contribution in [2.45, 2.75) is 19.4 Å². The fourth-order valence-corrected chi connectivity index (χ4v) is 3.04. The third-order valence-corrected chi connectivity index (χ3v) is 3.83. The lowest BCUT2D eigenvalue weighted by Gasteiger charge is -2.23. The van der Waals surface area contributed by atoms with E-state index in [2.05, 4.69) is 4.90 Å². The average Bonchev–Trinajstić information content (AvgIpc) is 2.48. The summed E-state index contributed by atoms with van der Waals surface area (Å²) in [6.45, 7) is 3.87. The van der Waals surface area contributed by atoms with Crippen molar-refractivity contribution in [1.82, 2.24) is 4.90 Å². The second-order valence-electron chi connectivity index (χ2n) is 4.27. The number of aliphatic hydroxyl groups excluding tert-OH is 1. The minimum Gasteiger partial charge on any atom is -0.396 e.